The zero-order valence-corrected chi connectivity index (χ0v) is 12.1. The predicted molar refractivity (Wildman–Crippen MR) is 81.9 cm³/mol. The molecule has 0 spiro atoms. The molecular formula is C14H19N3OS. The van der Waals surface area contributed by atoms with E-state index < -0.39 is 0 Å². The van der Waals surface area contributed by atoms with Crippen LogP contribution in [0.25, 0.3) is 0 Å². The topological polar surface area (TPSA) is 45.7 Å². The second-order valence-corrected chi connectivity index (χ2v) is 4.81. The molecule has 5 heteroatoms. The van der Waals surface area contributed by atoms with E-state index in [0.717, 1.165) is 37.3 Å². The largest absolute Gasteiger partial charge is 0.497 e. The number of ether oxygens (including phenoxy) is 1. The van der Waals surface area contributed by atoms with Crippen molar-refractivity contribution in [2.75, 3.05) is 13.7 Å². The highest BCUT2D eigenvalue weighted by molar-refractivity contribution is 7.80. The minimum atomic E-state index is 0.565. The van der Waals surface area contributed by atoms with Crippen LogP contribution in [0.3, 0.4) is 0 Å². The van der Waals surface area contributed by atoms with E-state index in [9.17, 15) is 0 Å². The minimum Gasteiger partial charge on any atom is -0.497 e. The van der Waals surface area contributed by atoms with Crippen LogP contribution in [0, 0.1) is 0 Å². The number of methoxy groups -OCH3 is 1. The number of hydrogen-bond acceptors (Lipinski definition) is 3. The Morgan fingerprint density at radius 3 is 3.00 bits per heavy atom. The summed E-state index contributed by atoms with van der Waals surface area (Å²) in [5.41, 5.74) is 6.44. The number of hydrazone groups is 1. The lowest BCUT2D eigenvalue weighted by Crippen LogP contribution is -2.32. The summed E-state index contributed by atoms with van der Waals surface area (Å²) in [7, 11) is 1.69. The molecule has 0 atom stereocenters. The summed E-state index contributed by atoms with van der Waals surface area (Å²) >= 11 is 5.11. The summed E-state index contributed by atoms with van der Waals surface area (Å²) in [6.07, 6.45) is 3.15. The normalized spacial score (nSPS) is 15.8. The third kappa shape index (κ3) is 3.44. The summed E-state index contributed by atoms with van der Waals surface area (Å²) < 4.78 is 5.26. The lowest BCUT2D eigenvalue weighted by molar-refractivity contribution is 0.414. The number of nitrogens with one attached hydrogen (secondary N) is 2. The number of rotatable bonds is 3. The van der Waals surface area contributed by atoms with E-state index in [2.05, 4.69) is 28.0 Å². The van der Waals surface area contributed by atoms with Crippen LogP contribution in [0.2, 0.25) is 0 Å². The van der Waals surface area contributed by atoms with E-state index in [1.807, 2.05) is 13.0 Å². The molecular weight excluding hydrogens is 258 g/mol. The Kier molecular flexibility index (Phi) is 4.74. The van der Waals surface area contributed by atoms with E-state index in [1.54, 1.807) is 7.11 Å². The molecule has 0 radical (unpaired) electrons. The van der Waals surface area contributed by atoms with Gasteiger partial charge in [0.15, 0.2) is 5.11 Å². The van der Waals surface area contributed by atoms with Gasteiger partial charge in [-0.3, -0.25) is 5.43 Å². The van der Waals surface area contributed by atoms with Gasteiger partial charge in [0.25, 0.3) is 0 Å². The average Bonchev–Trinajstić information content (AvgIpc) is 2.44. The molecule has 0 saturated carbocycles. The van der Waals surface area contributed by atoms with Crippen LogP contribution in [0.1, 0.15) is 30.9 Å². The summed E-state index contributed by atoms with van der Waals surface area (Å²) in [5.74, 6) is 0.899. The highest BCUT2D eigenvalue weighted by Gasteiger charge is 2.16. The van der Waals surface area contributed by atoms with Crippen molar-refractivity contribution in [2.45, 2.75) is 26.2 Å². The molecule has 0 unspecified atom stereocenters. The van der Waals surface area contributed by atoms with Gasteiger partial charge in [0.2, 0.25) is 0 Å². The molecule has 0 fully saturated rings. The maximum atomic E-state index is 5.26. The number of fused-ring (bicyclic) bond motifs is 1. The van der Waals surface area contributed by atoms with Crippen molar-refractivity contribution < 1.29 is 4.74 Å². The number of hydrogen-bond donors (Lipinski definition) is 2. The van der Waals surface area contributed by atoms with Crippen LogP contribution in [0.5, 0.6) is 5.75 Å². The third-order valence-electron chi connectivity index (χ3n) is 3.11. The zero-order chi connectivity index (χ0) is 13.7. The van der Waals surface area contributed by atoms with Crippen LogP contribution in [-0.2, 0) is 6.42 Å². The summed E-state index contributed by atoms with van der Waals surface area (Å²) in [6, 6.07) is 6.14. The summed E-state index contributed by atoms with van der Waals surface area (Å²) in [5, 5.41) is 8.01. The van der Waals surface area contributed by atoms with Crippen molar-refractivity contribution in [1.82, 2.24) is 10.7 Å². The maximum absolute atomic E-state index is 5.26. The van der Waals surface area contributed by atoms with E-state index in [0.29, 0.717) is 5.11 Å². The fourth-order valence-electron chi connectivity index (χ4n) is 2.20. The van der Waals surface area contributed by atoms with Crippen LogP contribution >= 0.6 is 12.2 Å². The van der Waals surface area contributed by atoms with Gasteiger partial charge in [0.05, 0.1) is 12.8 Å². The molecule has 0 bridgehead atoms. The smallest absolute Gasteiger partial charge is 0.186 e. The first-order chi connectivity index (χ1) is 9.24. The van der Waals surface area contributed by atoms with Gasteiger partial charge in [0.1, 0.15) is 5.75 Å². The Hall–Kier alpha value is -1.62. The molecule has 2 rings (SSSR count). The van der Waals surface area contributed by atoms with Gasteiger partial charge < -0.3 is 10.1 Å². The lowest BCUT2D eigenvalue weighted by Gasteiger charge is -2.18. The Balaban J connectivity index is 2.17. The summed E-state index contributed by atoms with van der Waals surface area (Å²) in [6.45, 7) is 2.80. The van der Waals surface area contributed by atoms with Crippen LogP contribution < -0.4 is 15.5 Å². The minimum absolute atomic E-state index is 0.565. The van der Waals surface area contributed by atoms with Gasteiger partial charge in [-0.25, -0.2) is 0 Å². The Labute approximate surface area is 119 Å². The molecule has 2 N–H and O–H groups in total. The molecule has 0 heterocycles. The first-order valence-corrected chi connectivity index (χ1v) is 6.93. The molecule has 1 aromatic rings. The predicted octanol–water partition coefficient (Wildman–Crippen LogP) is 2.22. The van der Waals surface area contributed by atoms with Crippen molar-refractivity contribution in [3.05, 3.63) is 29.3 Å². The standard InChI is InChI=1S/C14H19N3OS/c1-3-15-14(19)17-16-13-6-4-5-10-9-11(18-2)7-8-12(10)13/h7-9H,3-6H2,1-2H3,(H2,15,17,19)/b16-13-. The van der Waals surface area contributed by atoms with Crippen molar-refractivity contribution in [3.63, 3.8) is 0 Å². The number of benzene rings is 1. The fraction of sp³-hybridized carbons (Fsp3) is 0.429. The van der Waals surface area contributed by atoms with Gasteiger partial charge in [0, 0.05) is 12.1 Å². The number of thiocarbonyl (C=S) groups is 1. The van der Waals surface area contributed by atoms with Crippen molar-refractivity contribution in [1.29, 1.82) is 0 Å². The van der Waals surface area contributed by atoms with E-state index in [-0.39, 0.29) is 0 Å². The second kappa shape index (κ2) is 6.52. The third-order valence-corrected chi connectivity index (χ3v) is 3.35. The molecule has 102 valence electrons. The number of aryl methyl sites for hydroxylation is 1. The molecule has 4 nitrogen and oxygen atoms in total. The van der Waals surface area contributed by atoms with Gasteiger partial charge in [-0.1, -0.05) is 0 Å². The molecule has 1 aliphatic carbocycles. The Bertz CT molecular complexity index is 499. The van der Waals surface area contributed by atoms with Gasteiger partial charge in [-0.15, -0.1) is 0 Å². The molecule has 1 aromatic carbocycles. The highest BCUT2D eigenvalue weighted by atomic mass is 32.1. The van der Waals surface area contributed by atoms with Gasteiger partial charge in [-0.2, -0.15) is 5.10 Å². The van der Waals surface area contributed by atoms with Gasteiger partial charge >= 0.3 is 0 Å². The average molecular weight is 277 g/mol. The SMILES string of the molecule is CCNC(=S)N/N=C1/CCCc2cc(OC)ccc21. The highest BCUT2D eigenvalue weighted by Crippen LogP contribution is 2.25. The summed E-state index contributed by atoms with van der Waals surface area (Å²) in [4.78, 5) is 0. The second-order valence-electron chi connectivity index (χ2n) is 4.41. The molecule has 0 aliphatic heterocycles. The molecule has 0 saturated heterocycles. The molecule has 19 heavy (non-hydrogen) atoms. The maximum Gasteiger partial charge on any atom is 0.186 e. The lowest BCUT2D eigenvalue weighted by atomic mass is 9.90. The number of nitrogens with zero attached hydrogens (tertiary/aromatic N) is 1. The monoisotopic (exact) mass is 277 g/mol. The molecule has 0 aromatic heterocycles. The van der Waals surface area contributed by atoms with E-state index in [4.69, 9.17) is 17.0 Å². The van der Waals surface area contributed by atoms with Crippen LogP contribution in [0.15, 0.2) is 23.3 Å². The first-order valence-electron chi connectivity index (χ1n) is 6.52. The van der Waals surface area contributed by atoms with Gasteiger partial charge in [-0.05, 0) is 62.2 Å². The van der Waals surface area contributed by atoms with Crippen LogP contribution in [-0.4, -0.2) is 24.5 Å². The van der Waals surface area contributed by atoms with Crippen LogP contribution in [0.4, 0.5) is 0 Å². The van der Waals surface area contributed by atoms with E-state index in [1.165, 1.54) is 11.1 Å². The zero-order valence-electron chi connectivity index (χ0n) is 11.3. The molecule has 0 amide bonds. The quantitative estimate of drug-likeness (QED) is 0.657. The van der Waals surface area contributed by atoms with Crippen molar-refractivity contribution >= 4 is 23.0 Å². The Morgan fingerprint density at radius 1 is 1.42 bits per heavy atom. The van der Waals surface area contributed by atoms with Crippen molar-refractivity contribution in [3.8, 4) is 5.75 Å². The Morgan fingerprint density at radius 2 is 2.26 bits per heavy atom. The van der Waals surface area contributed by atoms with E-state index >= 15 is 0 Å². The first kappa shape index (κ1) is 13.8. The molecule has 1 aliphatic rings. The van der Waals surface area contributed by atoms with Crippen molar-refractivity contribution in [2.24, 2.45) is 5.10 Å². The fourth-order valence-corrected chi connectivity index (χ4v) is 2.39.